The maximum absolute atomic E-state index is 12.8. The first kappa shape index (κ1) is 17.9. The highest BCUT2D eigenvalue weighted by atomic mass is 16.3. The van der Waals surface area contributed by atoms with Gasteiger partial charge < -0.3 is 15.3 Å². The molecular formula is C20H28N2O3. The fraction of sp³-hybridized carbons (Fsp3) is 0.600. The van der Waals surface area contributed by atoms with Gasteiger partial charge in [-0.2, -0.15) is 0 Å². The number of aliphatic hydroxyl groups excluding tert-OH is 1. The predicted molar refractivity (Wildman–Crippen MR) is 96.1 cm³/mol. The minimum Gasteiger partial charge on any atom is -0.396 e. The van der Waals surface area contributed by atoms with Crippen molar-refractivity contribution in [1.82, 2.24) is 10.2 Å². The summed E-state index contributed by atoms with van der Waals surface area (Å²) in [6.07, 6.45) is 6.66. The Bertz CT molecular complexity index is 598. The number of hydrogen-bond acceptors (Lipinski definition) is 3. The number of amides is 2. The molecule has 3 rings (SSSR count). The summed E-state index contributed by atoms with van der Waals surface area (Å²) < 4.78 is 0. The molecule has 5 heteroatoms. The van der Waals surface area contributed by atoms with Crippen molar-refractivity contribution in [3.8, 4) is 0 Å². The first-order valence-electron chi connectivity index (χ1n) is 9.40. The summed E-state index contributed by atoms with van der Waals surface area (Å²) in [5.41, 5.74) is 0.700. The summed E-state index contributed by atoms with van der Waals surface area (Å²) in [5, 5.41) is 12.3. The van der Waals surface area contributed by atoms with E-state index in [-0.39, 0.29) is 29.9 Å². The molecule has 2 fully saturated rings. The van der Waals surface area contributed by atoms with Crippen LogP contribution in [0.5, 0.6) is 0 Å². The number of nitrogens with zero attached hydrogens (tertiary/aromatic N) is 1. The van der Waals surface area contributed by atoms with E-state index in [1.165, 1.54) is 0 Å². The standard InChI is InChI=1S/C20H28N2O3/c23-14-12-20(10-6-11-20)15-21-18(24)17-9-4-5-13-22(17)19(25)16-7-2-1-3-8-16/h1-3,7-8,17,23H,4-6,9-15H2,(H,21,24). The molecule has 0 spiro atoms. The van der Waals surface area contributed by atoms with Crippen LogP contribution < -0.4 is 5.32 Å². The first-order chi connectivity index (χ1) is 12.2. The number of rotatable bonds is 6. The number of carbonyl (C=O) groups is 2. The second-order valence-corrected chi connectivity index (χ2v) is 7.42. The van der Waals surface area contributed by atoms with E-state index in [9.17, 15) is 14.7 Å². The fourth-order valence-electron chi connectivity index (χ4n) is 4.02. The quantitative estimate of drug-likeness (QED) is 0.832. The molecule has 136 valence electrons. The van der Waals surface area contributed by atoms with Crippen LogP contribution in [-0.4, -0.2) is 47.6 Å². The number of hydrogen-bond donors (Lipinski definition) is 2. The van der Waals surface area contributed by atoms with E-state index in [0.29, 0.717) is 18.7 Å². The Morgan fingerprint density at radius 1 is 1.16 bits per heavy atom. The van der Waals surface area contributed by atoms with E-state index < -0.39 is 0 Å². The van der Waals surface area contributed by atoms with Crippen molar-refractivity contribution >= 4 is 11.8 Å². The van der Waals surface area contributed by atoms with Crippen LogP contribution in [-0.2, 0) is 4.79 Å². The predicted octanol–water partition coefficient (Wildman–Crippen LogP) is 2.35. The number of aliphatic hydroxyl groups is 1. The molecule has 2 amide bonds. The highest BCUT2D eigenvalue weighted by molar-refractivity contribution is 5.97. The van der Waals surface area contributed by atoms with Crippen molar-refractivity contribution in [3.63, 3.8) is 0 Å². The van der Waals surface area contributed by atoms with Crippen LogP contribution in [0, 0.1) is 5.41 Å². The van der Waals surface area contributed by atoms with Crippen molar-refractivity contribution in [3.05, 3.63) is 35.9 Å². The maximum Gasteiger partial charge on any atom is 0.254 e. The van der Waals surface area contributed by atoms with Crippen LogP contribution in [0.1, 0.15) is 55.3 Å². The van der Waals surface area contributed by atoms with E-state index in [1.807, 2.05) is 18.2 Å². The second-order valence-electron chi connectivity index (χ2n) is 7.42. The van der Waals surface area contributed by atoms with Crippen LogP contribution in [0.4, 0.5) is 0 Å². The van der Waals surface area contributed by atoms with E-state index >= 15 is 0 Å². The Morgan fingerprint density at radius 3 is 2.56 bits per heavy atom. The molecule has 1 unspecified atom stereocenters. The van der Waals surface area contributed by atoms with Crippen LogP contribution in [0.3, 0.4) is 0 Å². The van der Waals surface area contributed by atoms with Gasteiger partial charge in [0.1, 0.15) is 6.04 Å². The molecule has 0 bridgehead atoms. The molecule has 5 nitrogen and oxygen atoms in total. The van der Waals surface area contributed by atoms with Gasteiger partial charge in [0, 0.05) is 25.3 Å². The lowest BCUT2D eigenvalue weighted by Crippen LogP contribution is -2.54. The Hall–Kier alpha value is -1.88. The van der Waals surface area contributed by atoms with Gasteiger partial charge in [-0.05, 0) is 56.1 Å². The molecular weight excluding hydrogens is 316 g/mol. The van der Waals surface area contributed by atoms with Gasteiger partial charge in [-0.1, -0.05) is 24.6 Å². The van der Waals surface area contributed by atoms with Crippen LogP contribution >= 0.6 is 0 Å². The first-order valence-corrected chi connectivity index (χ1v) is 9.40. The molecule has 1 aromatic rings. The number of benzene rings is 1. The van der Waals surface area contributed by atoms with Gasteiger partial charge in [0.05, 0.1) is 0 Å². The number of carbonyl (C=O) groups excluding carboxylic acids is 2. The topological polar surface area (TPSA) is 69.6 Å². The minimum atomic E-state index is -0.382. The molecule has 1 heterocycles. The van der Waals surface area contributed by atoms with Crippen LogP contribution in [0.25, 0.3) is 0 Å². The molecule has 25 heavy (non-hydrogen) atoms. The summed E-state index contributed by atoms with van der Waals surface area (Å²) in [4.78, 5) is 27.3. The highest BCUT2D eigenvalue weighted by Crippen LogP contribution is 2.43. The molecule has 1 saturated heterocycles. The van der Waals surface area contributed by atoms with Crippen molar-refractivity contribution in [2.24, 2.45) is 5.41 Å². The van der Waals surface area contributed by atoms with Gasteiger partial charge in [0.25, 0.3) is 5.91 Å². The van der Waals surface area contributed by atoms with E-state index in [2.05, 4.69) is 5.32 Å². The monoisotopic (exact) mass is 344 g/mol. The molecule has 1 aliphatic heterocycles. The Labute approximate surface area is 149 Å². The largest absolute Gasteiger partial charge is 0.396 e. The van der Waals surface area contributed by atoms with Crippen molar-refractivity contribution in [2.45, 2.75) is 51.0 Å². The van der Waals surface area contributed by atoms with Gasteiger partial charge in [0.2, 0.25) is 5.91 Å². The maximum atomic E-state index is 12.8. The molecule has 1 aromatic carbocycles. The zero-order valence-electron chi connectivity index (χ0n) is 14.7. The second kappa shape index (κ2) is 8.00. The van der Waals surface area contributed by atoms with Crippen LogP contribution in [0.2, 0.25) is 0 Å². The molecule has 1 aliphatic carbocycles. The Morgan fingerprint density at radius 2 is 1.92 bits per heavy atom. The SMILES string of the molecule is O=C(NCC1(CCO)CCC1)C1CCCCN1C(=O)c1ccccc1. The Kier molecular flexibility index (Phi) is 5.74. The average molecular weight is 344 g/mol. The minimum absolute atomic E-state index is 0.0480. The lowest BCUT2D eigenvalue weighted by atomic mass is 9.66. The zero-order chi connectivity index (χ0) is 17.7. The normalized spacial score (nSPS) is 22.1. The third kappa shape index (κ3) is 4.03. The summed E-state index contributed by atoms with van der Waals surface area (Å²) in [7, 11) is 0. The van der Waals surface area contributed by atoms with Crippen molar-refractivity contribution in [1.29, 1.82) is 0 Å². The van der Waals surface area contributed by atoms with E-state index in [1.54, 1.807) is 17.0 Å². The molecule has 1 saturated carbocycles. The van der Waals surface area contributed by atoms with Gasteiger partial charge in [-0.25, -0.2) is 0 Å². The summed E-state index contributed by atoms with van der Waals surface area (Å²) in [6, 6.07) is 8.81. The molecule has 2 N–H and O–H groups in total. The van der Waals surface area contributed by atoms with Crippen LogP contribution in [0.15, 0.2) is 30.3 Å². The van der Waals surface area contributed by atoms with Gasteiger partial charge in [0.15, 0.2) is 0 Å². The van der Waals surface area contributed by atoms with Gasteiger partial charge >= 0.3 is 0 Å². The van der Waals surface area contributed by atoms with Crippen molar-refractivity contribution < 1.29 is 14.7 Å². The van der Waals surface area contributed by atoms with Gasteiger partial charge in [-0.15, -0.1) is 0 Å². The lowest BCUT2D eigenvalue weighted by molar-refractivity contribution is -0.127. The molecule has 0 aromatic heterocycles. The molecule has 2 aliphatic rings. The summed E-state index contributed by atoms with van der Waals surface area (Å²) in [5.74, 6) is -0.109. The number of piperidine rings is 1. The number of likely N-dealkylation sites (tertiary alicyclic amines) is 1. The Balaban J connectivity index is 1.64. The highest BCUT2D eigenvalue weighted by Gasteiger charge is 2.38. The van der Waals surface area contributed by atoms with E-state index in [0.717, 1.165) is 44.9 Å². The van der Waals surface area contributed by atoms with Gasteiger partial charge in [-0.3, -0.25) is 9.59 Å². The average Bonchev–Trinajstić information content (AvgIpc) is 2.63. The van der Waals surface area contributed by atoms with Crippen molar-refractivity contribution in [2.75, 3.05) is 19.7 Å². The number of nitrogens with one attached hydrogen (secondary N) is 1. The van der Waals surface area contributed by atoms with E-state index in [4.69, 9.17) is 0 Å². The molecule has 1 atom stereocenters. The zero-order valence-corrected chi connectivity index (χ0v) is 14.7. The smallest absolute Gasteiger partial charge is 0.254 e. The molecule has 0 radical (unpaired) electrons. The fourth-order valence-corrected chi connectivity index (χ4v) is 4.02. The third-order valence-electron chi connectivity index (χ3n) is 5.78. The summed E-state index contributed by atoms with van der Waals surface area (Å²) >= 11 is 0. The third-order valence-corrected chi connectivity index (χ3v) is 5.78. The lowest BCUT2D eigenvalue weighted by Gasteiger charge is -2.42. The summed E-state index contributed by atoms with van der Waals surface area (Å²) in [6.45, 7) is 1.40.